The molecule has 21 heavy (non-hydrogen) atoms. The quantitative estimate of drug-likeness (QED) is 0.761. The molecule has 3 rings (SSSR count). The highest BCUT2D eigenvalue weighted by molar-refractivity contribution is 5.23. The Hall–Kier alpha value is -2.55. The van der Waals surface area contributed by atoms with Gasteiger partial charge in [0.05, 0.1) is 0 Å². The Balaban J connectivity index is 1.67. The lowest BCUT2D eigenvalue weighted by molar-refractivity contribution is 0.217. The molecule has 2 aromatic carbocycles. The van der Waals surface area contributed by atoms with Crippen LogP contribution in [-0.4, -0.2) is 9.97 Å². The van der Waals surface area contributed by atoms with Gasteiger partial charge in [-0.2, -0.15) is 0 Å². The maximum Gasteiger partial charge on any atom is 0.153 e. The average molecular weight is 278 g/mol. The van der Waals surface area contributed by atoms with Crippen molar-refractivity contribution in [2.24, 2.45) is 0 Å². The van der Waals surface area contributed by atoms with Crippen molar-refractivity contribution in [1.29, 1.82) is 0 Å². The molecule has 0 fully saturated rings. The number of benzene rings is 2. The molecule has 0 aliphatic carbocycles. The van der Waals surface area contributed by atoms with Crippen LogP contribution in [0.25, 0.3) is 0 Å². The molecule has 0 radical (unpaired) electrons. The molecule has 1 aromatic heterocycles. The molecule has 106 valence electrons. The molecule has 1 N–H and O–H groups in total. The topological polar surface area (TPSA) is 37.9 Å². The molecule has 1 heterocycles. The van der Waals surface area contributed by atoms with E-state index in [0.29, 0.717) is 0 Å². The van der Waals surface area contributed by atoms with E-state index in [2.05, 4.69) is 22.1 Å². The maximum atomic E-state index is 5.87. The number of imidazole rings is 1. The van der Waals surface area contributed by atoms with E-state index in [1.54, 1.807) is 0 Å². The van der Waals surface area contributed by atoms with Gasteiger partial charge in [0.2, 0.25) is 0 Å². The SMILES string of the molecule is CC(Oc1ccccc1)c1ncc(Cc2ccccc2)[nH]1. The second-order valence-electron chi connectivity index (χ2n) is 5.03. The fraction of sp³-hybridized carbons (Fsp3) is 0.167. The molecule has 0 saturated carbocycles. The first kappa shape index (κ1) is 13.4. The van der Waals surface area contributed by atoms with Gasteiger partial charge in [-0.3, -0.25) is 0 Å². The van der Waals surface area contributed by atoms with Gasteiger partial charge in [0.25, 0.3) is 0 Å². The highest BCUT2D eigenvalue weighted by Gasteiger charge is 2.11. The molecule has 0 bridgehead atoms. The summed E-state index contributed by atoms with van der Waals surface area (Å²) >= 11 is 0. The van der Waals surface area contributed by atoms with Gasteiger partial charge >= 0.3 is 0 Å². The lowest BCUT2D eigenvalue weighted by Gasteiger charge is -2.12. The van der Waals surface area contributed by atoms with E-state index in [1.807, 2.05) is 61.7 Å². The Kier molecular flexibility index (Phi) is 4.01. The third kappa shape index (κ3) is 3.51. The van der Waals surface area contributed by atoms with E-state index >= 15 is 0 Å². The molecule has 1 unspecified atom stereocenters. The fourth-order valence-corrected chi connectivity index (χ4v) is 2.25. The Bertz CT molecular complexity index is 677. The van der Waals surface area contributed by atoms with Crippen LogP contribution in [0.3, 0.4) is 0 Å². The van der Waals surface area contributed by atoms with Crippen LogP contribution in [0.4, 0.5) is 0 Å². The van der Waals surface area contributed by atoms with Crippen LogP contribution >= 0.6 is 0 Å². The summed E-state index contributed by atoms with van der Waals surface area (Å²) in [7, 11) is 0. The minimum absolute atomic E-state index is 0.100. The minimum atomic E-state index is -0.100. The van der Waals surface area contributed by atoms with Crippen molar-refractivity contribution in [3.63, 3.8) is 0 Å². The molecule has 0 saturated heterocycles. The summed E-state index contributed by atoms with van der Waals surface area (Å²) < 4.78 is 5.87. The second-order valence-corrected chi connectivity index (χ2v) is 5.03. The number of hydrogen-bond acceptors (Lipinski definition) is 2. The van der Waals surface area contributed by atoms with Crippen molar-refractivity contribution in [2.75, 3.05) is 0 Å². The van der Waals surface area contributed by atoms with Crippen molar-refractivity contribution in [3.8, 4) is 5.75 Å². The van der Waals surface area contributed by atoms with E-state index in [0.717, 1.165) is 23.7 Å². The molecule has 0 aliphatic rings. The molecule has 3 nitrogen and oxygen atoms in total. The number of aromatic amines is 1. The predicted molar refractivity (Wildman–Crippen MR) is 83.3 cm³/mol. The van der Waals surface area contributed by atoms with Crippen molar-refractivity contribution >= 4 is 0 Å². The van der Waals surface area contributed by atoms with Crippen LogP contribution in [0.15, 0.2) is 66.9 Å². The van der Waals surface area contributed by atoms with Gasteiger partial charge in [0.1, 0.15) is 11.6 Å². The Labute approximate surface area is 124 Å². The number of rotatable bonds is 5. The van der Waals surface area contributed by atoms with Crippen LogP contribution in [0.5, 0.6) is 5.75 Å². The van der Waals surface area contributed by atoms with Gasteiger partial charge in [-0.25, -0.2) is 4.98 Å². The van der Waals surface area contributed by atoms with Crippen LogP contribution in [-0.2, 0) is 6.42 Å². The lowest BCUT2D eigenvalue weighted by Crippen LogP contribution is -2.05. The normalized spacial score (nSPS) is 12.0. The number of hydrogen-bond donors (Lipinski definition) is 1. The number of nitrogens with one attached hydrogen (secondary N) is 1. The van der Waals surface area contributed by atoms with Gasteiger partial charge in [0.15, 0.2) is 6.10 Å². The first-order valence-electron chi connectivity index (χ1n) is 7.10. The lowest BCUT2D eigenvalue weighted by atomic mass is 10.1. The standard InChI is InChI=1S/C18H18N2O/c1-14(21-17-10-6-3-7-11-17)18-19-13-16(20-18)12-15-8-4-2-5-9-15/h2-11,13-14H,12H2,1H3,(H,19,20). The van der Waals surface area contributed by atoms with Gasteiger partial charge in [-0.15, -0.1) is 0 Å². The van der Waals surface area contributed by atoms with Crippen molar-refractivity contribution in [1.82, 2.24) is 9.97 Å². The number of ether oxygens (including phenoxy) is 1. The summed E-state index contributed by atoms with van der Waals surface area (Å²) in [5.74, 6) is 1.70. The van der Waals surface area contributed by atoms with Crippen LogP contribution in [0.1, 0.15) is 30.1 Å². The van der Waals surface area contributed by atoms with Crippen molar-refractivity contribution in [3.05, 3.63) is 83.9 Å². The van der Waals surface area contributed by atoms with E-state index in [-0.39, 0.29) is 6.10 Å². The minimum Gasteiger partial charge on any atom is -0.483 e. The molecule has 0 amide bonds. The molecule has 1 atom stereocenters. The summed E-state index contributed by atoms with van der Waals surface area (Å²) in [6.07, 6.45) is 2.64. The molecule has 3 aromatic rings. The predicted octanol–water partition coefficient (Wildman–Crippen LogP) is 4.14. The van der Waals surface area contributed by atoms with Crippen molar-refractivity contribution in [2.45, 2.75) is 19.4 Å². The zero-order valence-electron chi connectivity index (χ0n) is 12.0. The second kappa shape index (κ2) is 6.27. The molecule has 0 aliphatic heterocycles. The van der Waals surface area contributed by atoms with Gasteiger partial charge < -0.3 is 9.72 Å². The number of para-hydroxylation sites is 1. The summed E-state index contributed by atoms with van der Waals surface area (Å²) in [4.78, 5) is 7.77. The fourth-order valence-electron chi connectivity index (χ4n) is 2.25. The van der Waals surface area contributed by atoms with E-state index < -0.39 is 0 Å². The molecular weight excluding hydrogens is 260 g/mol. The maximum absolute atomic E-state index is 5.87. The summed E-state index contributed by atoms with van der Waals surface area (Å²) in [6.45, 7) is 2.00. The van der Waals surface area contributed by atoms with Crippen LogP contribution < -0.4 is 4.74 Å². The highest BCUT2D eigenvalue weighted by Crippen LogP contribution is 2.19. The zero-order valence-corrected chi connectivity index (χ0v) is 12.0. The molecular formula is C18H18N2O. The van der Waals surface area contributed by atoms with E-state index in [1.165, 1.54) is 5.56 Å². The highest BCUT2D eigenvalue weighted by atomic mass is 16.5. The summed E-state index contributed by atoms with van der Waals surface area (Å²) in [6, 6.07) is 20.2. The number of H-pyrrole nitrogens is 1. The summed E-state index contributed by atoms with van der Waals surface area (Å²) in [5.41, 5.74) is 2.36. The first-order valence-corrected chi connectivity index (χ1v) is 7.10. The van der Waals surface area contributed by atoms with E-state index in [4.69, 9.17) is 4.74 Å². The van der Waals surface area contributed by atoms with Gasteiger partial charge in [-0.1, -0.05) is 48.5 Å². The van der Waals surface area contributed by atoms with Crippen molar-refractivity contribution < 1.29 is 4.74 Å². The van der Waals surface area contributed by atoms with Gasteiger partial charge in [-0.05, 0) is 24.6 Å². The smallest absolute Gasteiger partial charge is 0.153 e. The first-order chi connectivity index (χ1) is 10.3. The monoisotopic (exact) mass is 278 g/mol. The van der Waals surface area contributed by atoms with E-state index in [9.17, 15) is 0 Å². The Morgan fingerprint density at radius 1 is 1.00 bits per heavy atom. The average Bonchev–Trinajstić information content (AvgIpc) is 2.98. The third-order valence-electron chi connectivity index (χ3n) is 3.33. The Morgan fingerprint density at radius 2 is 1.67 bits per heavy atom. The number of nitrogens with zero attached hydrogens (tertiary/aromatic N) is 1. The Morgan fingerprint density at radius 3 is 2.38 bits per heavy atom. The van der Waals surface area contributed by atoms with Crippen LogP contribution in [0.2, 0.25) is 0 Å². The number of aromatic nitrogens is 2. The molecule has 3 heteroatoms. The third-order valence-corrected chi connectivity index (χ3v) is 3.33. The largest absolute Gasteiger partial charge is 0.483 e. The zero-order chi connectivity index (χ0) is 14.5. The molecule has 0 spiro atoms. The van der Waals surface area contributed by atoms with Gasteiger partial charge in [0, 0.05) is 18.3 Å². The summed E-state index contributed by atoms with van der Waals surface area (Å²) in [5, 5.41) is 0. The van der Waals surface area contributed by atoms with Crippen LogP contribution in [0, 0.1) is 0 Å².